The summed E-state index contributed by atoms with van der Waals surface area (Å²) in [6.07, 6.45) is 1.33. The van der Waals surface area contributed by atoms with Crippen LogP contribution in [0.5, 0.6) is 0 Å². The fourth-order valence-corrected chi connectivity index (χ4v) is 4.68. The number of carbonyl (C=O) groups is 1. The van der Waals surface area contributed by atoms with Crippen LogP contribution in [0.15, 0.2) is 77.7 Å². The Labute approximate surface area is 212 Å². The number of sulfonamides is 1. The molecule has 0 saturated heterocycles. The van der Waals surface area contributed by atoms with Gasteiger partial charge in [0.15, 0.2) is 5.60 Å². The molecule has 0 bridgehead atoms. The lowest BCUT2D eigenvalue weighted by molar-refractivity contribution is -0.139. The van der Waals surface area contributed by atoms with Crippen LogP contribution in [0, 0.1) is 11.2 Å². The number of nitrogens with one attached hydrogen (secondary N) is 3. The van der Waals surface area contributed by atoms with Crippen LogP contribution in [0.2, 0.25) is 0 Å². The molecule has 8 N–H and O–H groups in total. The van der Waals surface area contributed by atoms with Crippen molar-refractivity contribution in [2.24, 2.45) is 10.9 Å². The van der Waals surface area contributed by atoms with E-state index in [-0.39, 0.29) is 34.0 Å². The third-order valence-corrected chi connectivity index (χ3v) is 6.76. The Bertz CT molecular complexity index is 1530. The zero-order valence-corrected chi connectivity index (χ0v) is 20.2. The van der Waals surface area contributed by atoms with Crippen molar-refractivity contribution in [3.8, 4) is 11.1 Å². The van der Waals surface area contributed by atoms with Gasteiger partial charge in [-0.3, -0.25) is 20.5 Å². The third kappa shape index (κ3) is 5.37. The smallest absolute Gasteiger partial charge is 0.263 e. The molecule has 0 radical (unpaired) electrons. The van der Waals surface area contributed by atoms with Crippen LogP contribution < -0.4 is 21.7 Å². The molecule has 1 atom stereocenters. The number of hydrogen-bond donors (Lipinski definition) is 6. The Hall–Kier alpha value is -4.10. The first-order chi connectivity index (χ1) is 17.5. The number of amides is 1. The summed E-state index contributed by atoms with van der Waals surface area (Å²) in [5.41, 5.74) is 8.29. The zero-order valence-electron chi connectivity index (χ0n) is 19.4. The van der Waals surface area contributed by atoms with Crippen molar-refractivity contribution in [1.29, 1.82) is 5.41 Å². The van der Waals surface area contributed by atoms with E-state index in [0.29, 0.717) is 16.8 Å². The predicted molar refractivity (Wildman–Crippen MR) is 136 cm³/mol. The number of nitrogen functional groups attached to an aromatic ring is 1. The maximum absolute atomic E-state index is 15.0. The molecule has 1 aliphatic heterocycles. The molecule has 1 heterocycles. The van der Waals surface area contributed by atoms with Crippen LogP contribution >= 0.6 is 0 Å². The molecule has 3 aromatic carbocycles. The number of halogens is 1. The SMILES string of the molecule is N=C(N)c1cccc(C2=CC(CCO)(C(=O)Nc3ccc(-c4ccccc4S(N)(=O)=O)cc3F)ON2)c1. The third-order valence-electron chi connectivity index (χ3n) is 5.79. The van der Waals surface area contributed by atoms with Crippen molar-refractivity contribution >= 4 is 33.2 Å². The molecule has 1 amide bonds. The van der Waals surface area contributed by atoms with Gasteiger partial charge < -0.3 is 16.2 Å². The molecule has 0 spiro atoms. The van der Waals surface area contributed by atoms with Gasteiger partial charge in [0.25, 0.3) is 5.91 Å². The summed E-state index contributed by atoms with van der Waals surface area (Å²) in [7, 11) is -4.05. The Morgan fingerprint density at radius 1 is 1.11 bits per heavy atom. The Morgan fingerprint density at radius 2 is 1.86 bits per heavy atom. The van der Waals surface area contributed by atoms with Crippen LogP contribution in [-0.2, 0) is 19.7 Å². The van der Waals surface area contributed by atoms with Crippen molar-refractivity contribution in [2.45, 2.75) is 16.9 Å². The molecular weight excluding hydrogens is 501 g/mol. The monoisotopic (exact) mass is 525 g/mol. The standard InChI is InChI=1S/C25H24FN5O5S/c26-19-13-15(18-6-1-2-7-22(18)37(29,34)35)8-9-20(19)30-24(33)25(10-11-32)14-21(31-36-25)16-4-3-5-17(12-16)23(27)28/h1-9,12-14,31-32H,10-11H2,(H3,27,28)(H,30,33)(H2,29,34,35). The molecule has 37 heavy (non-hydrogen) atoms. The second-order valence-electron chi connectivity index (χ2n) is 8.31. The fraction of sp³-hybridized carbons (Fsp3) is 0.120. The summed E-state index contributed by atoms with van der Waals surface area (Å²) >= 11 is 0. The second-order valence-corrected chi connectivity index (χ2v) is 9.84. The maximum atomic E-state index is 15.0. The highest BCUT2D eigenvalue weighted by atomic mass is 32.2. The largest absolute Gasteiger partial charge is 0.396 e. The second kappa shape index (κ2) is 10.1. The van der Waals surface area contributed by atoms with Crippen LogP contribution in [-0.4, -0.2) is 37.5 Å². The summed E-state index contributed by atoms with van der Waals surface area (Å²) < 4.78 is 38.9. The molecule has 0 aromatic heterocycles. The number of rotatable bonds is 8. The number of aliphatic hydroxyl groups excluding tert-OH is 1. The summed E-state index contributed by atoms with van der Waals surface area (Å²) in [5.74, 6) is -1.70. The van der Waals surface area contributed by atoms with Gasteiger partial charge >= 0.3 is 0 Å². The number of hydroxylamine groups is 1. The number of benzene rings is 3. The van der Waals surface area contributed by atoms with Gasteiger partial charge in [0.2, 0.25) is 10.0 Å². The van der Waals surface area contributed by atoms with E-state index in [4.69, 9.17) is 21.1 Å². The van der Waals surface area contributed by atoms with Crippen molar-refractivity contribution in [2.75, 3.05) is 11.9 Å². The molecule has 1 unspecified atom stereocenters. The number of primary sulfonamides is 1. The van der Waals surface area contributed by atoms with Crippen LogP contribution in [0.4, 0.5) is 10.1 Å². The number of carbonyl (C=O) groups excluding carboxylic acids is 1. The van der Waals surface area contributed by atoms with Crippen LogP contribution in [0.3, 0.4) is 0 Å². The van der Waals surface area contributed by atoms with Crippen molar-refractivity contribution in [1.82, 2.24) is 5.48 Å². The van der Waals surface area contributed by atoms with E-state index >= 15 is 4.39 Å². The van der Waals surface area contributed by atoms with Gasteiger partial charge in [-0.2, -0.15) is 0 Å². The van der Waals surface area contributed by atoms with Crippen molar-refractivity contribution in [3.63, 3.8) is 0 Å². The average Bonchev–Trinajstić information content (AvgIpc) is 3.30. The summed E-state index contributed by atoms with van der Waals surface area (Å²) in [4.78, 5) is 18.6. The van der Waals surface area contributed by atoms with Crippen molar-refractivity contribution < 1.29 is 27.5 Å². The van der Waals surface area contributed by atoms with Gasteiger partial charge in [0, 0.05) is 29.7 Å². The van der Waals surface area contributed by atoms with Gasteiger partial charge in [-0.05, 0) is 35.9 Å². The molecule has 4 rings (SSSR count). The minimum atomic E-state index is -4.05. The summed E-state index contributed by atoms with van der Waals surface area (Å²) in [5, 5.41) is 25.0. The van der Waals surface area contributed by atoms with Crippen LogP contribution in [0.25, 0.3) is 16.8 Å². The van der Waals surface area contributed by atoms with Gasteiger partial charge in [-0.15, -0.1) is 0 Å². The van der Waals surface area contributed by atoms with Crippen molar-refractivity contribution in [3.05, 3.63) is 89.8 Å². The molecule has 12 heteroatoms. The minimum Gasteiger partial charge on any atom is -0.396 e. The number of aliphatic hydroxyl groups is 1. The van der Waals surface area contributed by atoms with Gasteiger partial charge in [0.05, 0.1) is 16.3 Å². The van der Waals surface area contributed by atoms with E-state index in [9.17, 15) is 18.3 Å². The molecule has 0 fully saturated rings. The lowest BCUT2D eigenvalue weighted by atomic mass is 9.96. The fourth-order valence-electron chi connectivity index (χ4n) is 3.91. The highest BCUT2D eigenvalue weighted by Gasteiger charge is 2.43. The predicted octanol–water partition coefficient (Wildman–Crippen LogP) is 2.06. The molecule has 10 nitrogen and oxygen atoms in total. The van der Waals surface area contributed by atoms with E-state index in [2.05, 4.69) is 10.8 Å². The van der Waals surface area contributed by atoms with Gasteiger partial charge in [-0.1, -0.05) is 42.5 Å². The number of hydrogen-bond acceptors (Lipinski definition) is 7. The van der Waals surface area contributed by atoms with Gasteiger partial charge in [0.1, 0.15) is 11.7 Å². The molecule has 192 valence electrons. The van der Waals surface area contributed by atoms with E-state index in [1.165, 1.54) is 36.4 Å². The molecule has 0 saturated carbocycles. The first kappa shape index (κ1) is 26.0. The van der Waals surface area contributed by atoms with E-state index in [1.54, 1.807) is 30.3 Å². The van der Waals surface area contributed by atoms with Crippen LogP contribution in [0.1, 0.15) is 17.5 Å². The average molecular weight is 526 g/mol. The highest BCUT2D eigenvalue weighted by Crippen LogP contribution is 2.33. The molecular formula is C25H24FN5O5S. The molecule has 0 aliphatic carbocycles. The minimum absolute atomic E-state index is 0.133. The molecule has 1 aliphatic rings. The Balaban J connectivity index is 1.62. The number of nitrogens with two attached hydrogens (primary N) is 2. The zero-order chi connectivity index (χ0) is 26.8. The summed E-state index contributed by atoms with van der Waals surface area (Å²) in [6, 6.07) is 16.4. The van der Waals surface area contributed by atoms with E-state index in [0.717, 1.165) is 6.07 Å². The lowest BCUT2D eigenvalue weighted by Crippen LogP contribution is -2.44. The maximum Gasteiger partial charge on any atom is 0.263 e. The number of amidine groups is 1. The number of anilines is 1. The normalized spacial score (nSPS) is 17.1. The van der Waals surface area contributed by atoms with E-state index < -0.39 is 34.0 Å². The van der Waals surface area contributed by atoms with E-state index in [1.807, 2.05) is 0 Å². The highest BCUT2D eigenvalue weighted by molar-refractivity contribution is 7.89. The quantitative estimate of drug-likeness (QED) is 0.192. The summed E-state index contributed by atoms with van der Waals surface area (Å²) in [6.45, 7) is -0.405. The molecule has 3 aromatic rings. The lowest BCUT2D eigenvalue weighted by Gasteiger charge is -2.23. The first-order valence-corrected chi connectivity index (χ1v) is 12.5. The topological polar surface area (TPSA) is 181 Å². The Morgan fingerprint density at radius 3 is 2.54 bits per heavy atom. The van der Waals surface area contributed by atoms with Gasteiger partial charge in [-0.25, -0.2) is 17.9 Å². The first-order valence-electron chi connectivity index (χ1n) is 11.0. The Kier molecular flexibility index (Phi) is 7.09.